The number of benzene rings is 1. The van der Waals surface area contributed by atoms with E-state index in [1.165, 1.54) is 0 Å². The van der Waals surface area contributed by atoms with Crippen LogP contribution in [-0.2, 0) is 14.1 Å². The predicted molar refractivity (Wildman–Crippen MR) is 75.4 cm³/mol. The van der Waals surface area contributed by atoms with Gasteiger partial charge in [0.05, 0.1) is 17.4 Å². The summed E-state index contributed by atoms with van der Waals surface area (Å²) >= 11 is 3.55. The first-order chi connectivity index (χ1) is 8.58. The van der Waals surface area contributed by atoms with Crippen molar-refractivity contribution in [3.05, 3.63) is 35.0 Å². The van der Waals surface area contributed by atoms with Gasteiger partial charge in [0.1, 0.15) is 16.1 Å². The maximum Gasteiger partial charge on any atom is 0.112 e. The van der Waals surface area contributed by atoms with E-state index in [0.717, 1.165) is 32.7 Å². The van der Waals surface area contributed by atoms with Crippen molar-refractivity contribution in [1.29, 1.82) is 0 Å². The summed E-state index contributed by atoms with van der Waals surface area (Å²) in [7, 11) is 3.99. The van der Waals surface area contributed by atoms with Gasteiger partial charge in [-0.3, -0.25) is 0 Å². The zero-order valence-electron chi connectivity index (χ0n) is 10.5. The molecule has 0 amide bonds. The normalized spacial score (nSPS) is 11.3. The Balaban J connectivity index is 2.22. The minimum atomic E-state index is 0.947. The molecule has 0 bridgehead atoms. The first kappa shape index (κ1) is 11.5. The van der Waals surface area contributed by atoms with E-state index in [0.29, 0.717) is 0 Å². The van der Waals surface area contributed by atoms with Crippen LogP contribution in [-0.4, -0.2) is 19.1 Å². The summed E-state index contributed by atoms with van der Waals surface area (Å²) in [6.07, 6.45) is 1.80. The van der Waals surface area contributed by atoms with Crippen molar-refractivity contribution in [2.75, 3.05) is 0 Å². The Morgan fingerprint density at radius 1 is 1.22 bits per heavy atom. The van der Waals surface area contributed by atoms with E-state index < -0.39 is 0 Å². The lowest BCUT2D eigenvalue weighted by atomic mass is 10.1. The molecule has 0 aliphatic heterocycles. The molecule has 0 radical (unpaired) electrons. The molecule has 18 heavy (non-hydrogen) atoms. The van der Waals surface area contributed by atoms with Crippen molar-refractivity contribution in [1.82, 2.24) is 19.1 Å². The minimum Gasteiger partial charge on any atom is -0.331 e. The molecule has 92 valence electrons. The largest absolute Gasteiger partial charge is 0.331 e. The number of halogens is 1. The number of hydrogen-bond acceptors (Lipinski definition) is 2. The van der Waals surface area contributed by atoms with Crippen LogP contribution in [0.25, 0.3) is 22.3 Å². The van der Waals surface area contributed by atoms with Crippen molar-refractivity contribution in [3.8, 4) is 11.3 Å². The van der Waals surface area contributed by atoms with Crippen LogP contribution in [0.3, 0.4) is 0 Å². The molecule has 0 aliphatic carbocycles. The molecule has 0 N–H and O–H groups in total. The number of imidazole rings is 2. The summed E-state index contributed by atoms with van der Waals surface area (Å²) in [5, 5.41) is 0. The molecule has 0 saturated carbocycles. The summed E-state index contributed by atoms with van der Waals surface area (Å²) in [5.74, 6) is 1.02. The molecule has 5 heteroatoms. The van der Waals surface area contributed by atoms with Crippen molar-refractivity contribution >= 4 is 27.0 Å². The lowest BCUT2D eigenvalue weighted by Crippen LogP contribution is -1.89. The fourth-order valence-electron chi connectivity index (χ4n) is 2.08. The SMILES string of the molecule is Cc1nc2cc(-c3ncn(C)c3Br)ccc2n1C. The molecule has 0 aliphatic rings. The summed E-state index contributed by atoms with van der Waals surface area (Å²) in [4.78, 5) is 8.95. The Hall–Kier alpha value is -1.62. The van der Waals surface area contributed by atoms with Crippen LogP contribution in [0, 0.1) is 6.92 Å². The van der Waals surface area contributed by atoms with Crippen molar-refractivity contribution in [2.24, 2.45) is 14.1 Å². The van der Waals surface area contributed by atoms with E-state index >= 15 is 0 Å². The van der Waals surface area contributed by atoms with Crippen molar-refractivity contribution < 1.29 is 0 Å². The highest BCUT2D eigenvalue weighted by Gasteiger charge is 2.11. The molecular weight excluding hydrogens is 292 g/mol. The van der Waals surface area contributed by atoms with Crippen molar-refractivity contribution in [3.63, 3.8) is 0 Å². The third-order valence-electron chi connectivity index (χ3n) is 3.24. The second-order valence-electron chi connectivity index (χ2n) is 4.42. The van der Waals surface area contributed by atoms with Crippen LogP contribution in [0.2, 0.25) is 0 Å². The number of aromatic nitrogens is 4. The first-order valence-electron chi connectivity index (χ1n) is 5.68. The van der Waals surface area contributed by atoms with Gasteiger partial charge < -0.3 is 9.13 Å². The van der Waals surface area contributed by atoms with Gasteiger partial charge in [0.15, 0.2) is 0 Å². The van der Waals surface area contributed by atoms with Gasteiger partial charge in [-0.15, -0.1) is 0 Å². The lowest BCUT2D eigenvalue weighted by Gasteiger charge is -2.00. The van der Waals surface area contributed by atoms with Crippen LogP contribution in [0.1, 0.15) is 5.82 Å². The van der Waals surface area contributed by atoms with E-state index in [-0.39, 0.29) is 0 Å². The molecule has 2 aromatic heterocycles. The molecule has 3 aromatic rings. The highest BCUT2D eigenvalue weighted by atomic mass is 79.9. The number of nitrogens with zero attached hydrogens (tertiary/aromatic N) is 4. The maximum absolute atomic E-state index is 4.55. The van der Waals surface area contributed by atoms with Crippen LogP contribution in [0.4, 0.5) is 0 Å². The number of aryl methyl sites for hydroxylation is 3. The molecule has 0 unspecified atom stereocenters. The van der Waals surface area contributed by atoms with E-state index in [9.17, 15) is 0 Å². The summed E-state index contributed by atoms with van der Waals surface area (Å²) in [5.41, 5.74) is 4.17. The number of hydrogen-bond donors (Lipinski definition) is 0. The minimum absolute atomic E-state index is 0.947. The molecule has 3 rings (SSSR count). The highest BCUT2D eigenvalue weighted by Crippen LogP contribution is 2.28. The summed E-state index contributed by atoms with van der Waals surface area (Å²) in [6, 6.07) is 6.25. The Bertz CT molecular complexity index is 739. The molecule has 1 aromatic carbocycles. The standard InChI is InChI=1S/C13H13BrN4/c1-8-16-10-6-9(4-5-11(10)18(8)3)12-13(14)17(2)7-15-12/h4-7H,1-3H3. The van der Waals surface area contributed by atoms with E-state index in [4.69, 9.17) is 0 Å². The number of fused-ring (bicyclic) bond motifs is 1. The average Bonchev–Trinajstić information content (AvgIpc) is 2.82. The summed E-state index contributed by atoms with van der Waals surface area (Å²) in [6.45, 7) is 2.01. The van der Waals surface area contributed by atoms with Gasteiger partial charge in [-0.1, -0.05) is 6.07 Å². The lowest BCUT2D eigenvalue weighted by molar-refractivity contribution is 0.886. The van der Waals surface area contributed by atoms with Gasteiger partial charge in [0, 0.05) is 19.7 Å². The van der Waals surface area contributed by atoms with Crippen molar-refractivity contribution in [2.45, 2.75) is 6.92 Å². The van der Waals surface area contributed by atoms with Crippen LogP contribution < -0.4 is 0 Å². The van der Waals surface area contributed by atoms with Gasteiger partial charge in [-0.05, 0) is 35.0 Å². The quantitative estimate of drug-likeness (QED) is 0.693. The second-order valence-corrected chi connectivity index (χ2v) is 5.17. The molecule has 0 fully saturated rings. The van der Waals surface area contributed by atoms with E-state index in [1.54, 1.807) is 6.33 Å². The zero-order valence-corrected chi connectivity index (χ0v) is 12.1. The zero-order chi connectivity index (χ0) is 12.9. The van der Waals surface area contributed by atoms with E-state index in [2.05, 4.69) is 48.7 Å². The highest BCUT2D eigenvalue weighted by molar-refractivity contribution is 9.10. The monoisotopic (exact) mass is 304 g/mol. The first-order valence-corrected chi connectivity index (χ1v) is 6.47. The van der Waals surface area contributed by atoms with Crippen LogP contribution in [0.5, 0.6) is 0 Å². The second kappa shape index (κ2) is 3.95. The van der Waals surface area contributed by atoms with Gasteiger partial charge in [-0.25, -0.2) is 9.97 Å². The summed E-state index contributed by atoms with van der Waals surface area (Å²) < 4.78 is 5.02. The van der Waals surface area contributed by atoms with Gasteiger partial charge in [-0.2, -0.15) is 0 Å². The molecule has 0 saturated heterocycles. The Labute approximate surface area is 113 Å². The van der Waals surface area contributed by atoms with Gasteiger partial charge >= 0.3 is 0 Å². The Kier molecular flexibility index (Phi) is 2.52. The van der Waals surface area contributed by atoms with Crippen LogP contribution >= 0.6 is 15.9 Å². The van der Waals surface area contributed by atoms with Gasteiger partial charge in [0.2, 0.25) is 0 Å². The third-order valence-corrected chi connectivity index (χ3v) is 4.18. The molecule has 0 spiro atoms. The third kappa shape index (κ3) is 1.58. The molecule has 2 heterocycles. The fraction of sp³-hybridized carbons (Fsp3) is 0.231. The smallest absolute Gasteiger partial charge is 0.112 e. The van der Waals surface area contributed by atoms with E-state index in [1.807, 2.05) is 25.6 Å². The predicted octanol–water partition coefficient (Wildman–Crippen LogP) is 3.04. The molecule has 4 nitrogen and oxygen atoms in total. The Morgan fingerprint density at radius 3 is 2.67 bits per heavy atom. The Morgan fingerprint density at radius 2 is 2.00 bits per heavy atom. The average molecular weight is 305 g/mol. The molecular formula is C13H13BrN4. The van der Waals surface area contributed by atoms with Crippen LogP contribution in [0.15, 0.2) is 29.1 Å². The number of rotatable bonds is 1. The fourth-order valence-corrected chi connectivity index (χ4v) is 2.50. The van der Waals surface area contributed by atoms with Gasteiger partial charge in [0.25, 0.3) is 0 Å². The maximum atomic E-state index is 4.55. The topological polar surface area (TPSA) is 35.6 Å². The molecule has 0 atom stereocenters.